The smallest absolute Gasteiger partial charge is 0.326 e. The normalized spacial score (nSPS) is 11.8. The molecule has 3 rings (SSSR count). The molecule has 3 N–H and O–H groups in total. The van der Waals surface area contributed by atoms with E-state index in [4.69, 9.17) is 0 Å². The number of hydrogen-bond donors (Lipinski definition) is 3. The first-order valence-corrected chi connectivity index (χ1v) is 11.6. The minimum atomic E-state index is -1.02. The summed E-state index contributed by atoms with van der Waals surface area (Å²) in [6.45, 7) is 2.01. The van der Waals surface area contributed by atoms with Crippen LogP contribution in [0.4, 0.5) is 0 Å². The van der Waals surface area contributed by atoms with Crippen LogP contribution in [-0.2, 0) is 17.6 Å². The number of amides is 1. The lowest BCUT2D eigenvalue weighted by Gasteiger charge is -2.17. The first-order chi connectivity index (χ1) is 15.0. The van der Waals surface area contributed by atoms with Crippen LogP contribution < -0.4 is 5.32 Å². The molecule has 0 saturated heterocycles. The van der Waals surface area contributed by atoms with E-state index >= 15 is 0 Å². The molecule has 0 saturated carbocycles. The quantitative estimate of drug-likeness (QED) is 0.444. The van der Waals surface area contributed by atoms with Gasteiger partial charge in [-0.1, -0.05) is 36.4 Å². The van der Waals surface area contributed by atoms with Gasteiger partial charge in [-0.3, -0.25) is 4.79 Å². The molecule has 6 nitrogen and oxygen atoms in total. The number of carbonyl (C=O) groups excluding carboxylic acids is 1. The number of nitrogens with one attached hydrogen (secondary N) is 2. The number of benzene rings is 2. The Bertz CT molecular complexity index is 1030. The molecule has 7 heteroatoms. The number of carbonyl (C=O) groups is 2. The fourth-order valence-corrected chi connectivity index (χ4v) is 3.94. The van der Waals surface area contributed by atoms with Crippen molar-refractivity contribution in [2.75, 3.05) is 12.0 Å². The first kappa shape index (κ1) is 22.6. The van der Waals surface area contributed by atoms with Gasteiger partial charge in [0.25, 0.3) is 5.91 Å². The third-order valence-electron chi connectivity index (χ3n) is 5.22. The zero-order chi connectivity index (χ0) is 22.2. The maximum absolute atomic E-state index is 13.1. The number of aromatic amines is 1. The van der Waals surface area contributed by atoms with Crippen molar-refractivity contribution in [1.29, 1.82) is 0 Å². The summed E-state index contributed by atoms with van der Waals surface area (Å²) in [5, 5.41) is 12.2. The van der Waals surface area contributed by atoms with Gasteiger partial charge in [0.05, 0.1) is 6.33 Å². The van der Waals surface area contributed by atoms with E-state index in [0.29, 0.717) is 17.7 Å². The molecule has 3 aromatic rings. The topological polar surface area (TPSA) is 95.1 Å². The minimum absolute atomic E-state index is 0.369. The van der Waals surface area contributed by atoms with Gasteiger partial charge in [-0.15, -0.1) is 0 Å². The van der Waals surface area contributed by atoms with E-state index in [0.717, 1.165) is 40.8 Å². The van der Waals surface area contributed by atoms with Crippen LogP contribution in [0, 0.1) is 6.92 Å². The standard InChI is InChI=1S/C24H27N3O3S/c1-16-5-3-4-6-19(16)21-13-17(7-9-18-14-25-15-26-18)8-10-20(21)23(28)27-22(24(29)30)11-12-31-2/h3-6,8,10,13-15,22H,7,9,11-12H2,1-2H3,(H,25,26)(H,27,28)(H,29,30)/t22-/m0/s1. The van der Waals surface area contributed by atoms with Gasteiger partial charge in [-0.25, -0.2) is 9.78 Å². The van der Waals surface area contributed by atoms with Crippen molar-refractivity contribution in [2.24, 2.45) is 0 Å². The second-order valence-electron chi connectivity index (χ2n) is 7.42. The summed E-state index contributed by atoms with van der Waals surface area (Å²) >= 11 is 1.56. The second-order valence-corrected chi connectivity index (χ2v) is 8.40. The lowest BCUT2D eigenvalue weighted by molar-refractivity contribution is -0.139. The van der Waals surface area contributed by atoms with Gasteiger partial charge in [-0.05, 0) is 66.5 Å². The molecule has 0 aliphatic rings. The predicted octanol–water partition coefficient (Wildman–Crippen LogP) is 4.11. The van der Waals surface area contributed by atoms with Crippen LogP contribution >= 0.6 is 11.8 Å². The number of aromatic nitrogens is 2. The van der Waals surface area contributed by atoms with Gasteiger partial charge in [0, 0.05) is 17.5 Å². The Hall–Kier alpha value is -3.06. The first-order valence-electron chi connectivity index (χ1n) is 10.2. The molecule has 31 heavy (non-hydrogen) atoms. The van der Waals surface area contributed by atoms with Crippen molar-refractivity contribution in [2.45, 2.75) is 32.2 Å². The van der Waals surface area contributed by atoms with Gasteiger partial charge in [0.1, 0.15) is 6.04 Å². The van der Waals surface area contributed by atoms with E-state index in [-0.39, 0.29) is 5.91 Å². The maximum atomic E-state index is 13.1. The average Bonchev–Trinajstić information content (AvgIpc) is 3.29. The fourth-order valence-electron chi connectivity index (χ4n) is 3.47. The molecule has 162 valence electrons. The predicted molar refractivity (Wildman–Crippen MR) is 124 cm³/mol. The molecule has 0 radical (unpaired) electrons. The summed E-state index contributed by atoms with van der Waals surface area (Å²) < 4.78 is 0. The van der Waals surface area contributed by atoms with Crippen LogP contribution in [0.25, 0.3) is 11.1 Å². The van der Waals surface area contributed by atoms with E-state index in [2.05, 4.69) is 15.3 Å². The fraction of sp³-hybridized carbons (Fsp3) is 0.292. The molecule has 0 unspecified atom stereocenters. The monoisotopic (exact) mass is 437 g/mol. The van der Waals surface area contributed by atoms with Gasteiger partial charge in [0.15, 0.2) is 0 Å². The molecule has 0 aliphatic heterocycles. The van der Waals surface area contributed by atoms with Gasteiger partial charge in [0.2, 0.25) is 0 Å². The third-order valence-corrected chi connectivity index (χ3v) is 5.86. The molecule has 0 aliphatic carbocycles. The van der Waals surface area contributed by atoms with E-state index in [1.165, 1.54) is 0 Å². The van der Waals surface area contributed by atoms with Crippen molar-refractivity contribution in [1.82, 2.24) is 15.3 Å². The SMILES string of the molecule is CSCC[C@H](NC(=O)c1ccc(CCc2cnc[nH]2)cc1-c1ccccc1C)C(=O)O. The number of aliphatic carboxylic acids is 1. The van der Waals surface area contributed by atoms with Gasteiger partial charge < -0.3 is 15.4 Å². The Kier molecular flexibility index (Phi) is 7.89. The van der Waals surface area contributed by atoms with Gasteiger partial charge >= 0.3 is 5.97 Å². The highest BCUT2D eigenvalue weighted by atomic mass is 32.2. The molecular weight excluding hydrogens is 410 g/mol. The molecule has 0 fully saturated rings. The Labute approximate surface area is 186 Å². The summed E-state index contributed by atoms with van der Waals surface area (Å²) in [7, 11) is 0. The molecular formula is C24H27N3O3S. The Balaban J connectivity index is 1.91. The van der Waals surface area contributed by atoms with E-state index in [1.54, 1.807) is 24.2 Å². The van der Waals surface area contributed by atoms with Crippen LogP contribution in [0.5, 0.6) is 0 Å². The van der Waals surface area contributed by atoms with Crippen LogP contribution in [0.2, 0.25) is 0 Å². The molecule has 1 heterocycles. The summed E-state index contributed by atoms with van der Waals surface area (Å²) in [6.07, 6.45) is 7.38. The van der Waals surface area contributed by atoms with Crippen LogP contribution in [0.1, 0.15) is 33.6 Å². The van der Waals surface area contributed by atoms with Crippen molar-refractivity contribution >= 4 is 23.6 Å². The largest absolute Gasteiger partial charge is 0.480 e. The number of carboxylic acids is 1. The number of hydrogen-bond acceptors (Lipinski definition) is 4. The average molecular weight is 438 g/mol. The number of imidazole rings is 1. The van der Waals surface area contributed by atoms with E-state index < -0.39 is 12.0 Å². The van der Waals surface area contributed by atoms with Crippen molar-refractivity contribution in [3.05, 3.63) is 77.4 Å². The second kappa shape index (κ2) is 10.8. The number of carboxylic acid groups (broad SMARTS) is 1. The highest BCUT2D eigenvalue weighted by Crippen LogP contribution is 2.29. The molecule has 0 bridgehead atoms. The summed E-state index contributed by atoms with van der Waals surface area (Å²) in [5.41, 5.74) is 5.46. The summed E-state index contributed by atoms with van der Waals surface area (Å²) in [5.74, 6) is -0.725. The Morgan fingerprint density at radius 2 is 1.97 bits per heavy atom. The van der Waals surface area contributed by atoms with E-state index in [9.17, 15) is 14.7 Å². The van der Waals surface area contributed by atoms with Crippen molar-refractivity contribution in [3.8, 4) is 11.1 Å². The lowest BCUT2D eigenvalue weighted by Crippen LogP contribution is -2.41. The van der Waals surface area contributed by atoms with Crippen molar-refractivity contribution in [3.63, 3.8) is 0 Å². The zero-order valence-corrected chi connectivity index (χ0v) is 18.5. The molecule has 2 aromatic carbocycles. The van der Waals surface area contributed by atoms with Crippen LogP contribution in [0.15, 0.2) is 55.0 Å². The Morgan fingerprint density at radius 3 is 2.65 bits per heavy atom. The van der Waals surface area contributed by atoms with Gasteiger partial charge in [-0.2, -0.15) is 11.8 Å². The van der Waals surface area contributed by atoms with Crippen molar-refractivity contribution < 1.29 is 14.7 Å². The maximum Gasteiger partial charge on any atom is 0.326 e. The third kappa shape index (κ3) is 5.98. The molecule has 1 amide bonds. The number of H-pyrrole nitrogens is 1. The summed E-state index contributed by atoms with van der Waals surface area (Å²) in [4.78, 5) is 31.9. The van der Waals surface area contributed by atoms with Crippen LogP contribution in [-0.4, -0.2) is 45.0 Å². The molecule has 0 spiro atoms. The molecule has 1 aromatic heterocycles. The highest BCUT2D eigenvalue weighted by molar-refractivity contribution is 7.98. The zero-order valence-electron chi connectivity index (χ0n) is 17.7. The number of thioether (sulfide) groups is 1. The number of aryl methyl sites for hydroxylation is 3. The number of rotatable bonds is 10. The van der Waals surface area contributed by atoms with E-state index in [1.807, 2.05) is 55.8 Å². The highest BCUT2D eigenvalue weighted by Gasteiger charge is 2.22. The summed E-state index contributed by atoms with van der Waals surface area (Å²) in [6, 6.07) is 12.8. The Morgan fingerprint density at radius 1 is 1.16 bits per heavy atom. The lowest BCUT2D eigenvalue weighted by atomic mass is 9.92. The molecule has 1 atom stereocenters. The minimum Gasteiger partial charge on any atom is -0.480 e. The van der Waals surface area contributed by atoms with Crippen LogP contribution in [0.3, 0.4) is 0 Å². The number of nitrogens with zero attached hydrogens (tertiary/aromatic N) is 1.